The molecule has 4 aromatic rings. The van der Waals surface area contributed by atoms with E-state index in [4.69, 9.17) is 21.8 Å². The Balaban J connectivity index is 1.34. The number of anilines is 1. The van der Waals surface area contributed by atoms with E-state index in [-0.39, 0.29) is 56.5 Å². The standard InChI is InChI=1S/C29H27F3N6O2S/c1-34-24-21-17(5-6-20(31)25(21)41-26(24)33)18-3-4-19-23(22(18)32)36-28(37-27(19)40-16-7-9-35-12-16)39-14-29-8-2-10-38(29)13-15(30)11-29/h3-6,15-16,35H,2,7-14,33H2/t15-,16-,29+/m1/s1. The predicted molar refractivity (Wildman–Crippen MR) is 151 cm³/mol. The van der Waals surface area contributed by atoms with Gasteiger partial charge < -0.3 is 20.5 Å². The molecule has 5 heterocycles. The second-order valence-electron chi connectivity index (χ2n) is 11.0. The molecule has 0 unspecified atom stereocenters. The Morgan fingerprint density at radius 2 is 2.07 bits per heavy atom. The first kappa shape index (κ1) is 26.3. The maximum Gasteiger partial charge on any atom is 0.320 e. The van der Waals surface area contributed by atoms with E-state index >= 15 is 4.39 Å². The molecule has 7 rings (SSSR count). The lowest BCUT2D eigenvalue weighted by atomic mass is 9.95. The normalized spacial score (nSPS) is 24.2. The molecule has 3 fully saturated rings. The fourth-order valence-corrected chi connectivity index (χ4v) is 7.46. The van der Waals surface area contributed by atoms with Crippen LogP contribution in [0, 0.1) is 18.2 Å². The molecule has 0 spiro atoms. The van der Waals surface area contributed by atoms with Gasteiger partial charge in [-0.1, -0.05) is 12.1 Å². The minimum absolute atomic E-state index is 0.0194. The number of ether oxygens (including phenoxy) is 2. The molecule has 12 heteroatoms. The first-order chi connectivity index (χ1) is 19.9. The van der Waals surface area contributed by atoms with Gasteiger partial charge in [0.2, 0.25) is 11.6 Å². The number of nitrogens with one attached hydrogen (secondary N) is 1. The highest BCUT2D eigenvalue weighted by atomic mass is 32.1. The topological polar surface area (TPSA) is 89.9 Å². The van der Waals surface area contributed by atoms with Gasteiger partial charge in [-0.05, 0) is 50.0 Å². The van der Waals surface area contributed by atoms with E-state index in [2.05, 4.69) is 25.0 Å². The van der Waals surface area contributed by atoms with E-state index in [1.165, 1.54) is 12.1 Å². The van der Waals surface area contributed by atoms with Gasteiger partial charge >= 0.3 is 6.01 Å². The van der Waals surface area contributed by atoms with Crippen molar-refractivity contribution in [1.82, 2.24) is 20.2 Å². The number of hydrogen-bond donors (Lipinski definition) is 2. The number of fused-ring (bicyclic) bond motifs is 3. The van der Waals surface area contributed by atoms with Crippen molar-refractivity contribution >= 4 is 43.0 Å². The second-order valence-corrected chi connectivity index (χ2v) is 12.0. The zero-order valence-electron chi connectivity index (χ0n) is 22.1. The smallest absolute Gasteiger partial charge is 0.320 e. The van der Waals surface area contributed by atoms with E-state index in [0.29, 0.717) is 30.5 Å². The lowest BCUT2D eigenvalue weighted by molar-refractivity contribution is 0.106. The lowest BCUT2D eigenvalue weighted by Gasteiger charge is -2.30. The monoisotopic (exact) mass is 580 g/mol. The van der Waals surface area contributed by atoms with E-state index in [1.54, 1.807) is 12.1 Å². The number of nitrogens with two attached hydrogens (primary N) is 1. The lowest BCUT2D eigenvalue weighted by Crippen LogP contribution is -2.43. The van der Waals surface area contributed by atoms with Crippen molar-refractivity contribution in [3.05, 3.63) is 47.3 Å². The van der Waals surface area contributed by atoms with Gasteiger partial charge in [-0.3, -0.25) is 4.90 Å². The zero-order valence-corrected chi connectivity index (χ0v) is 22.9. The highest BCUT2D eigenvalue weighted by Gasteiger charge is 2.49. The van der Waals surface area contributed by atoms with Crippen LogP contribution in [0.25, 0.3) is 37.0 Å². The molecule has 3 saturated heterocycles. The van der Waals surface area contributed by atoms with Crippen LogP contribution in [-0.2, 0) is 0 Å². The van der Waals surface area contributed by atoms with Crippen LogP contribution in [0.3, 0.4) is 0 Å². The van der Waals surface area contributed by atoms with Crippen molar-refractivity contribution in [2.24, 2.45) is 0 Å². The molecule has 41 heavy (non-hydrogen) atoms. The third-order valence-electron chi connectivity index (χ3n) is 8.47. The summed E-state index contributed by atoms with van der Waals surface area (Å²) < 4.78 is 57.9. The van der Waals surface area contributed by atoms with Crippen LogP contribution in [0.4, 0.5) is 23.9 Å². The summed E-state index contributed by atoms with van der Waals surface area (Å²) in [6, 6.07) is 5.87. The number of aromatic nitrogens is 2. The molecule has 3 atom stereocenters. The van der Waals surface area contributed by atoms with Gasteiger partial charge in [-0.15, -0.1) is 11.3 Å². The molecule has 2 aromatic carbocycles. The number of nitrogen functional groups attached to an aromatic ring is 1. The number of thiophene rings is 1. The van der Waals surface area contributed by atoms with Crippen LogP contribution in [-0.4, -0.2) is 65.5 Å². The molecule has 0 saturated carbocycles. The average molecular weight is 581 g/mol. The Labute approximate surface area is 238 Å². The Hall–Kier alpha value is -3.66. The van der Waals surface area contributed by atoms with Gasteiger partial charge in [-0.2, -0.15) is 9.97 Å². The van der Waals surface area contributed by atoms with Crippen LogP contribution < -0.4 is 20.5 Å². The second kappa shape index (κ2) is 10.0. The number of nitrogens with zero attached hydrogens (tertiary/aromatic N) is 4. The van der Waals surface area contributed by atoms with E-state index < -0.39 is 23.3 Å². The molecule has 0 bridgehead atoms. The maximum atomic E-state index is 16.4. The van der Waals surface area contributed by atoms with E-state index in [0.717, 1.165) is 43.7 Å². The molecule has 0 radical (unpaired) electrons. The molecule has 3 N–H and O–H groups in total. The van der Waals surface area contributed by atoms with Gasteiger partial charge in [0.05, 0.1) is 27.2 Å². The molecule has 0 amide bonds. The number of hydrogen-bond acceptors (Lipinski definition) is 8. The summed E-state index contributed by atoms with van der Waals surface area (Å²) in [4.78, 5) is 14.6. The Morgan fingerprint density at radius 1 is 1.22 bits per heavy atom. The largest absolute Gasteiger partial charge is 0.472 e. The summed E-state index contributed by atoms with van der Waals surface area (Å²) in [6.07, 6.45) is 1.85. The van der Waals surface area contributed by atoms with Crippen molar-refractivity contribution in [1.29, 1.82) is 0 Å². The molecule has 3 aliphatic rings. The first-order valence-electron chi connectivity index (χ1n) is 13.6. The molecule has 0 aliphatic carbocycles. The van der Waals surface area contributed by atoms with Crippen molar-refractivity contribution < 1.29 is 22.6 Å². The van der Waals surface area contributed by atoms with Gasteiger partial charge in [0.1, 0.15) is 30.2 Å². The van der Waals surface area contributed by atoms with Crippen molar-refractivity contribution in [3.63, 3.8) is 0 Å². The van der Waals surface area contributed by atoms with Crippen LogP contribution >= 0.6 is 11.3 Å². The average Bonchev–Trinajstić information content (AvgIpc) is 3.73. The van der Waals surface area contributed by atoms with Crippen LogP contribution in [0.5, 0.6) is 11.9 Å². The molecular formula is C29H27F3N6O2S. The van der Waals surface area contributed by atoms with Gasteiger partial charge in [0, 0.05) is 30.5 Å². The molecule has 3 aliphatic heterocycles. The number of halogens is 3. The summed E-state index contributed by atoms with van der Waals surface area (Å²) >= 11 is 0.961. The summed E-state index contributed by atoms with van der Waals surface area (Å²) in [6.45, 7) is 10.4. The van der Waals surface area contributed by atoms with Crippen molar-refractivity contribution in [3.8, 4) is 23.0 Å². The van der Waals surface area contributed by atoms with Crippen LogP contribution in [0.1, 0.15) is 25.7 Å². The fourth-order valence-electron chi connectivity index (χ4n) is 6.52. The van der Waals surface area contributed by atoms with Gasteiger partial charge in [0.25, 0.3) is 0 Å². The summed E-state index contributed by atoms with van der Waals surface area (Å²) in [5.41, 5.74) is 6.13. The minimum atomic E-state index is -0.913. The summed E-state index contributed by atoms with van der Waals surface area (Å²) in [5.74, 6) is -1.01. The SMILES string of the molecule is [C-]#[N+]c1c(N)sc2c(F)ccc(-c3ccc4c(O[C@@H]5CCNC5)nc(OC[C@@]56CCCN5C[C@H](F)C6)nc4c3F)c12. The molecule has 212 valence electrons. The van der Waals surface area contributed by atoms with Gasteiger partial charge in [0.15, 0.2) is 5.82 Å². The molecule has 2 aromatic heterocycles. The Morgan fingerprint density at radius 3 is 2.88 bits per heavy atom. The summed E-state index contributed by atoms with van der Waals surface area (Å²) in [5, 5.41) is 4.05. The Bertz CT molecular complexity index is 1720. The third-order valence-corrected chi connectivity index (χ3v) is 9.49. The number of alkyl halides is 1. The van der Waals surface area contributed by atoms with E-state index in [9.17, 15) is 8.78 Å². The van der Waals surface area contributed by atoms with Crippen LogP contribution in [0.2, 0.25) is 0 Å². The molecular weight excluding hydrogens is 553 g/mol. The highest BCUT2D eigenvalue weighted by Crippen LogP contribution is 2.47. The minimum Gasteiger partial charge on any atom is -0.472 e. The molecule has 8 nitrogen and oxygen atoms in total. The maximum absolute atomic E-state index is 16.4. The zero-order chi connectivity index (χ0) is 28.3. The number of rotatable bonds is 6. The van der Waals surface area contributed by atoms with Gasteiger partial charge in [-0.25, -0.2) is 18.0 Å². The highest BCUT2D eigenvalue weighted by molar-refractivity contribution is 7.23. The van der Waals surface area contributed by atoms with Crippen LogP contribution in [0.15, 0.2) is 24.3 Å². The first-order valence-corrected chi connectivity index (χ1v) is 14.5. The quantitative estimate of drug-likeness (QED) is 0.286. The van der Waals surface area contributed by atoms with Crippen molar-refractivity contribution in [2.45, 2.75) is 43.5 Å². The Kier molecular flexibility index (Phi) is 6.41. The van der Waals surface area contributed by atoms with Crippen molar-refractivity contribution in [2.75, 3.05) is 38.5 Å². The summed E-state index contributed by atoms with van der Waals surface area (Å²) in [7, 11) is 0. The number of benzene rings is 2. The fraction of sp³-hybridized carbons (Fsp3) is 0.414. The predicted octanol–water partition coefficient (Wildman–Crippen LogP) is 5.62. The third kappa shape index (κ3) is 4.34. The van der Waals surface area contributed by atoms with E-state index in [1.807, 2.05) is 0 Å².